The van der Waals surface area contributed by atoms with E-state index in [-0.39, 0.29) is 45.3 Å². The van der Waals surface area contributed by atoms with Gasteiger partial charge in [-0.2, -0.15) is 0 Å². The van der Waals surface area contributed by atoms with E-state index in [1.165, 1.54) is 18.2 Å². The van der Waals surface area contributed by atoms with Crippen LogP contribution < -0.4 is 5.73 Å². The quantitative estimate of drug-likeness (QED) is 0.624. The van der Waals surface area contributed by atoms with Crippen LogP contribution in [0.25, 0.3) is 0 Å². The molecule has 2 aromatic carbocycles. The molecule has 0 spiro atoms. The molecule has 0 atom stereocenters. The zero-order valence-electron chi connectivity index (χ0n) is 9.61. The second-order valence-electron chi connectivity index (χ2n) is 4.27. The van der Waals surface area contributed by atoms with Crippen molar-refractivity contribution in [1.29, 1.82) is 0 Å². The Morgan fingerprint density at radius 2 is 1.63 bits per heavy atom. The van der Waals surface area contributed by atoms with Crippen LogP contribution in [0.15, 0.2) is 34.8 Å². The predicted octanol–water partition coefficient (Wildman–Crippen LogP) is 2.51. The zero-order chi connectivity index (χ0) is 13.7. The van der Waals surface area contributed by atoms with Crippen molar-refractivity contribution in [2.75, 3.05) is 5.73 Å². The summed E-state index contributed by atoms with van der Waals surface area (Å²) < 4.78 is 0.518. The second-order valence-corrected chi connectivity index (χ2v) is 5.13. The van der Waals surface area contributed by atoms with Gasteiger partial charge in [0.2, 0.25) is 0 Å². The van der Waals surface area contributed by atoms with Gasteiger partial charge in [-0.25, -0.2) is 0 Å². The second kappa shape index (κ2) is 3.93. The molecule has 3 rings (SSSR count). The highest BCUT2D eigenvalue weighted by Gasteiger charge is 2.33. The Bertz CT molecular complexity index is 753. The lowest BCUT2D eigenvalue weighted by Gasteiger charge is -2.20. The van der Waals surface area contributed by atoms with Crippen LogP contribution in [-0.2, 0) is 0 Å². The third-order valence-electron chi connectivity index (χ3n) is 3.13. The summed E-state index contributed by atoms with van der Waals surface area (Å²) in [5.74, 6) is -0.675. The van der Waals surface area contributed by atoms with Gasteiger partial charge < -0.3 is 10.8 Å². The molecule has 0 fully saturated rings. The maximum absolute atomic E-state index is 12.4. The van der Waals surface area contributed by atoms with Crippen LogP contribution >= 0.6 is 15.9 Å². The lowest BCUT2D eigenvalue weighted by atomic mass is 9.83. The van der Waals surface area contributed by atoms with Gasteiger partial charge in [0.25, 0.3) is 0 Å². The summed E-state index contributed by atoms with van der Waals surface area (Å²) in [6.45, 7) is 0. The van der Waals surface area contributed by atoms with Gasteiger partial charge >= 0.3 is 0 Å². The molecule has 19 heavy (non-hydrogen) atoms. The molecular weight excluding hydrogens is 310 g/mol. The fourth-order valence-electron chi connectivity index (χ4n) is 2.25. The molecule has 0 saturated heterocycles. The topological polar surface area (TPSA) is 80.4 Å². The first-order chi connectivity index (χ1) is 9.00. The van der Waals surface area contributed by atoms with Gasteiger partial charge in [-0.1, -0.05) is 15.9 Å². The summed E-state index contributed by atoms with van der Waals surface area (Å²) in [4.78, 5) is 24.8. The summed E-state index contributed by atoms with van der Waals surface area (Å²) in [6, 6.07) is 7.33. The van der Waals surface area contributed by atoms with Crippen LogP contribution in [-0.4, -0.2) is 16.7 Å². The summed E-state index contributed by atoms with van der Waals surface area (Å²) in [7, 11) is 0. The van der Waals surface area contributed by atoms with Crippen molar-refractivity contribution in [3.05, 3.63) is 57.1 Å². The number of ketones is 2. The fourth-order valence-corrected chi connectivity index (χ4v) is 2.76. The van der Waals surface area contributed by atoms with Crippen molar-refractivity contribution in [1.82, 2.24) is 0 Å². The van der Waals surface area contributed by atoms with Gasteiger partial charge in [0, 0.05) is 26.9 Å². The third-order valence-corrected chi connectivity index (χ3v) is 3.79. The molecule has 0 amide bonds. The van der Waals surface area contributed by atoms with E-state index < -0.39 is 0 Å². The molecule has 1 aliphatic rings. The van der Waals surface area contributed by atoms with Gasteiger partial charge in [-0.05, 0) is 30.3 Å². The molecule has 0 saturated carbocycles. The molecule has 5 heteroatoms. The smallest absolute Gasteiger partial charge is 0.196 e. The van der Waals surface area contributed by atoms with Crippen molar-refractivity contribution < 1.29 is 14.7 Å². The third kappa shape index (κ3) is 1.58. The number of rotatable bonds is 0. The number of hydrogen-bond donors (Lipinski definition) is 2. The van der Waals surface area contributed by atoms with Crippen molar-refractivity contribution in [3.63, 3.8) is 0 Å². The van der Waals surface area contributed by atoms with E-state index in [2.05, 4.69) is 15.9 Å². The van der Waals surface area contributed by atoms with Gasteiger partial charge in [-0.15, -0.1) is 0 Å². The van der Waals surface area contributed by atoms with Crippen LogP contribution in [0.1, 0.15) is 31.8 Å². The Kier molecular flexibility index (Phi) is 2.46. The number of aromatic hydroxyl groups is 1. The number of carbonyl (C=O) groups is 2. The molecule has 2 aromatic rings. The van der Waals surface area contributed by atoms with Crippen molar-refractivity contribution in [2.45, 2.75) is 0 Å². The number of fused-ring (bicyclic) bond motifs is 2. The van der Waals surface area contributed by atoms with Crippen molar-refractivity contribution in [2.24, 2.45) is 0 Å². The molecule has 0 unspecified atom stereocenters. The van der Waals surface area contributed by atoms with E-state index >= 15 is 0 Å². The largest absolute Gasteiger partial charge is 0.508 e. The van der Waals surface area contributed by atoms with E-state index in [1.807, 2.05) is 0 Å². The maximum Gasteiger partial charge on any atom is 0.196 e. The minimum Gasteiger partial charge on any atom is -0.508 e. The Balaban J connectivity index is 2.39. The van der Waals surface area contributed by atoms with Crippen LogP contribution in [0.5, 0.6) is 5.75 Å². The highest BCUT2D eigenvalue weighted by atomic mass is 79.9. The molecule has 0 aliphatic heterocycles. The zero-order valence-corrected chi connectivity index (χ0v) is 11.2. The number of anilines is 1. The number of phenolic OH excluding ortho intramolecular Hbond substituents is 1. The Hall–Kier alpha value is -2.14. The van der Waals surface area contributed by atoms with Crippen LogP contribution in [0.3, 0.4) is 0 Å². The van der Waals surface area contributed by atoms with Crippen LogP contribution in [0, 0.1) is 0 Å². The number of phenols is 1. The minimum absolute atomic E-state index is 0.0524. The van der Waals surface area contributed by atoms with E-state index in [4.69, 9.17) is 5.73 Å². The molecule has 0 bridgehead atoms. The monoisotopic (exact) mass is 317 g/mol. The Morgan fingerprint density at radius 3 is 2.37 bits per heavy atom. The summed E-state index contributed by atoms with van der Waals surface area (Å²) in [6.07, 6.45) is 0. The van der Waals surface area contributed by atoms with E-state index in [0.29, 0.717) is 4.47 Å². The fraction of sp³-hybridized carbons (Fsp3) is 0. The molecule has 0 radical (unpaired) electrons. The molecule has 1 aliphatic carbocycles. The average molecular weight is 318 g/mol. The number of nitrogen functional groups attached to an aromatic ring is 1. The number of carbonyl (C=O) groups excluding carboxylic acids is 2. The summed E-state index contributed by atoms with van der Waals surface area (Å²) in [5, 5.41) is 9.46. The first kappa shape index (κ1) is 11.9. The molecule has 0 heterocycles. The molecule has 3 N–H and O–H groups in total. The summed E-state index contributed by atoms with van der Waals surface area (Å²) >= 11 is 3.26. The number of halogens is 1. The first-order valence-electron chi connectivity index (χ1n) is 5.51. The van der Waals surface area contributed by atoms with Crippen LogP contribution in [0.2, 0.25) is 0 Å². The number of nitrogens with two attached hydrogens (primary N) is 1. The first-order valence-corrected chi connectivity index (χ1v) is 6.30. The standard InChI is InChI=1S/C14H8BrNO3/c15-9-3-4-10(16)12-11(9)14(19)8-5-6(17)1-2-7(8)13(12)18/h1-5,17H,16H2. The van der Waals surface area contributed by atoms with Crippen molar-refractivity contribution in [3.8, 4) is 5.75 Å². The molecule has 94 valence electrons. The van der Waals surface area contributed by atoms with E-state index in [9.17, 15) is 14.7 Å². The number of hydrogen-bond acceptors (Lipinski definition) is 4. The Morgan fingerprint density at radius 1 is 0.947 bits per heavy atom. The van der Waals surface area contributed by atoms with Crippen molar-refractivity contribution >= 4 is 33.2 Å². The Labute approximate surface area is 117 Å². The van der Waals surface area contributed by atoms with E-state index in [0.717, 1.165) is 0 Å². The normalized spacial score (nSPS) is 13.1. The maximum atomic E-state index is 12.4. The van der Waals surface area contributed by atoms with Gasteiger partial charge in [0.05, 0.1) is 5.56 Å². The highest BCUT2D eigenvalue weighted by molar-refractivity contribution is 9.10. The number of benzene rings is 2. The van der Waals surface area contributed by atoms with Crippen LogP contribution in [0.4, 0.5) is 5.69 Å². The lowest BCUT2D eigenvalue weighted by Crippen LogP contribution is -2.22. The van der Waals surface area contributed by atoms with Gasteiger partial charge in [0.15, 0.2) is 11.6 Å². The highest BCUT2D eigenvalue weighted by Crippen LogP contribution is 2.36. The van der Waals surface area contributed by atoms with Gasteiger partial charge in [0.1, 0.15) is 5.75 Å². The predicted molar refractivity (Wildman–Crippen MR) is 73.5 cm³/mol. The average Bonchev–Trinajstić information content (AvgIpc) is 2.38. The molecule has 0 aromatic heterocycles. The molecule has 4 nitrogen and oxygen atoms in total. The van der Waals surface area contributed by atoms with Gasteiger partial charge in [-0.3, -0.25) is 9.59 Å². The van der Waals surface area contributed by atoms with E-state index in [1.54, 1.807) is 12.1 Å². The lowest BCUT2D eigenvalue weighted by molar-refractivity contribution is 0.0979. The summed E-state index contributed by atoms with van der Waals surface area (Å²) in [5.41, 5.74) is 7.01. The SMILES string of the molecule is Nc1ccc(Br)c2c1C(=O)c1ccc(O)cc1C2=O. The minimum atomic E-state index is -0.320. The molecular formula is C14H8BrNO3.